The van der Waals surface area contributed by atoms with Gasteiger partial charge in [0, 0.05) is 0 Å². The molecule has 0 radical (unpaired) electrons. The average Bonchev–Trinajstić information content (AvgIpc) is 2.40. The first-order chi connectivity index (χ1) is 9.33. The lowest BCUT2D eigenvalue weighted by Crippen LogP contribution is -2.53. The summed E-state index contributed by atoms with van der Waals surface area (Å²) >= 11 is 0. The fourth-order valence-corrected chi connectivity index (χ4v) is 1.38. The lowest BCUT2D eigenvalue weighted by atomic mass is 10.0. The molecule has 7 heteroatoms. The highest BCUT2D eigenvalue weighted by Gasteiger charge is 2.27. The predicted octanol–water partition coefficient (Wildman–Crippen LogP) is 0.601. The summed E-state index contributed by atoms with van der Waals surface area (Å²) in [5.41, 5.74) is 0. The molecule has 114 valence electrons. The van der Waals surface area contributed by atoms with Crippen LogP contribution in [0.2, 0.25) is 0 Å². The molecule has 2 atom stereocenters. The zero-order valence-electron chi connectivity index (χ0n) is 12.3. The third kappa shape index (κ3) is 6.21. The number of esters is 1. The summed E-state index contributed by atoms with van der Waals surface area (Å²) in [6.45, 7) is 8.49. The van der Waals surface area contributed by atoms with E-state index in [0.29, 0.717) is 0 Å². The summed E-state index contributed by atoms with van der Waals surface area (Å²) in [7, 11) is 1.23. The van der Waals surface area contributed by atoms with Crippen molar-refractivity contribution in [3.8, 4) is 0 Å². The van der Waals surface area contributed by atoms with Crippen molar-refractivity contribution in [2.24, 2.45) is 5.92 Å². The molecule has 0 bridgehead atoms. The van der Waals surface area contributed by atoms with E-state index in [2.05, 4.69) is 21.9 Å². The molecule has 0 spiro atoms. The summed E-state index contributed by atoms with van der Waals surface area (Å²) in [4.78, 5) is 34.7. The fourth-order valence-electron chi connectivity index (χ4n) is 1.38. The Balaban J connectivity index is 4.58. The SMILES string of the molecule is C=CCOC(=O)NC(C(=O)N[C@@H](C)C(=O)OC)C(C)C. The Hall–Kier alpha value is -2.05. The number of hydrogen-bond donors (Lipinski definition) is 2. The van der Waals surface area contributed by atoms with Crippen LogP contribution in [-0.2, 0) is 19.1 Å². The predicted molar refractivity (Wildman–Crippen MR) is 72.9 cm³/mol. The van der Waals surface area contributed by atoms with Gasteiger partial charge in [0.25, 0.3) is 0 Å². The van der Waals surface area contributed by atoms with Crippen LogP contribution in [-0.4, -0.2) is 43.8 Å². The van der Waals surface area contributed by atoms with Crippen molar-refractivity contribution >= 4 is 18.0 Å². The van der Waals surface area contributed by atoms with Gasteiger partial charge in [0.1, 0.15) is 18.7 Å². The third-order valence-corrected chi connectivity index (χ3v) is 2.47. The Kier molecular flexibility index (Phi) is 8.03. The summed E-state index contributed by atoms with van der Waals surface area (Å²) in [5, 5.41) is 4.91. The number of carbonyl (C=O) groups is 3. The molecular weight excluding hydrogens is 264 g/mol. The fraction of sp³-hybridized carbons (Fsp3) is 0.615. The molecule has 0 aliphatic rings. The molecule has 0 rings (SSSR count). The van der Waals surface area contributed by atoms with Gasteiger partial charge < -0.3 is 20.1 Å². The first-order valence-corrected chi connectivity index (χ1v) is 6.25. The molecule has 0 saturated heterocycles. The Morgan fingerprint density at radius 3 is 2.25 bits per heavy atom. The first kappa shape index (κ1) is 17.9. The molecule has 0 aromatic heterocycles. The number of carbonyl (C=O) groups excluding carboxylic acids is 3. The van der Waals surface area contributed by atoms with Gasteiger partial charge >= 0.3 is 12.1 Å². The second-order valence-electron chi connectivity index (χ2n) is 4.51. The van der Waals surface area contributed by atoms with Gasteiger partial charge in [-0.3, -0.25) is 4.79 Å². The van der Waals surface area contributed by atoms with Crippen molar-refractivity contribution < 1.29 is 23.9 Å². The number of methoxy groups -OCH3 is 1. The van der Waals surface area contributed by atoms with Crippen LogP contribution in [0.5, 0.6) is 0 Å². The van der Waals surface area contributed by atoms with Crippen LogP contribution in [0, 0.1) is 5.92 Å². The molecule has 0 heterocycles. The molecule has 2 amide bonds. The normalized spacial score (nSPS) is 13.1. The lowest BCUT2D eigenvalue weighted by Gasteiger charge is -2.22. The maximum absolute atomic E-state index is 12.0. The van der Waals surface area contributed by atoms with E-state index in [0.717, 1.165) is 0 Å². The Morgan fingerprint density at radius 1 is 1.20 bits per heavy atom. The molecule has 20 heavy (non-hydrogen) atoms. The second-order valence-corrected chi connectivity index (χ2v) is 4.51. The quantitative estimate of drug-likeness (QED) is 0.528. The van der Waals surface area contributed by atoms with Gasteiger partial charge in [0.15, 0.2) is 0 Å². The molecule has 0 fully saturated rings. The van der Waals surface area contributed by atoms with E-state index in [4.69, 9.17) is 4.74 Å². The molecule has 2 N–H and O–H groups in total. The molecular formula is C13H22N2O5. The Labute approximate surface area is 118 Å². The largest absolute Gasteiger partial charge is 0.467 e. The van der Waals surface area contributed by atoms with Gasteiger partial charge in [-0.25, -0.2) is 9.59 Å². The molecule has 0 aliphatic carbocycles. The molecule has 0 aliphatic heterocycles. The zero-order valence-corrected chi connectivity index (χ0v) is 12.3. The van der Waals surface area contributed by atoms with Crippen molar-refractivity contribution in [2.75, 3.05) is 13.7 Å². The van der Waals surface area contributed by atoms with Crippen LogP contribution in [0.15, 0.2) is 12.7 Å². The van der Waals surface area contributed by atoms with Gasteiger partial charge in [0.05, 0.1) is 7.11 Å². The van der Waals surface area contributed by atoms with Crippen molar-refractivity contribution in [1.29, 1.82) is 0 Å². The number of rotatable bonds is 7. The van der Waals surface area contributed by atoms with Crippen LogP contribution >= 0.6 is 0 Å². The molecule has 1 unspecified atom stereocenters. The average molecular weight is 286 g/mol. The molecule has 7 nitrogen and oxygen atoms in total. The van der Waals surface area contributed by atoms with Gasteiger partial charge in [-0.2, -0.15) is 0 Å². The van der Waals surface area contributed by atoms with Crippen LogP contribution in [0.4, 0.5) is 4.79 Å². The standard InChI is InChI=1S/C13H22N2O5/c1-6-7-20-13(18)15-10(8(2)3)11(16)14-9(4)12(17)19-5/h6,8-10H,1,7H2,2-5H3,(H,14,16)(H,15,18)/t9-,10?/m0/s1. The molecule has 0 aromatic carbocycles. The van der Waals surface area contributed by atoms with Gasteiger partial charge in [-0.1, -0.05) is 26.5 Å². The van der Waals surface area contributed by atoms with Crippen molar-refractivity contribution in [1.82, 2.24) is 10.6 Å². The van der Waals surface area contributed by atoms with E-state index in [1.807, 2.05) is 0 Å². The summed E-state index contributed by atoms with van der Waals surface area (Å²) < 4.78 is 9.27. The number of alkyl carbamates (subject to hydrolysis) is 1. The van der Waals surface area contributed by atoms with E-state index in [9.17, 15) is 14.4 Å². The van der Waals surface area contributed by atoms with Crippen LogP contribution in [0.1, 0.15) is 20.8 Å². The van der Waals surface area contributed by atoms with Gasteiger partial charge in [0.2, 0.25) is 5.91 Å². The highest BCUT2D eigenvalue weighted by atomic mass is 16.5. The number of nitrogens with one attached hydrogen (secondary N) is 2. The van der Waals surface area contributed by atoms with Gasteiger partial charge in [-0.05, 0) is 12.8 Å². The zero-order chi connectivity index (χ0) is 15.7. The highest BCUT2D eigenvalue weighted by Crippen LogP contribution is 2.03. The molecule has 0 aromatic rings. The Bertz CT molecular complexity index is 368. The van der Waals surface area contributed by atoms with E-state index < -0.39 is 30.1 Å². The summed E-state index contributed by atoms with van der Waals surface area (Å²) in [5.74, 6) is -1.21. The van der Waals surface area contributed by atoms with E-state index in [1.54, 1.807) is 13.8 Å². The van der Waals surface area contributed by atoms with E-state index in [1.165, 1.54) is 20.1 Å². The smallest absolute Gasteiger partial charge is 0.408 e. The highest BCUT2D eigenvalue weighted by molar-refractivity contribution is 5.89. The first-order valence-electron chi connectivity index (χ1n) is 6.25. The lowest BCUT2D eigenvalue weighted by molar-refractivity contribution is -0.144. The minimum Gasteiger partial charge on any atom is -0.467 e. The van der Waals surface area contributed by atoms with Gasteiger partial charge in [-0.15, -0.1) is 0 Å². The van der Waals surface area contributed by atoms with Crippen LogP contribution in [0.3, 0.4) is 0 Å². The second kappa shape index (κ2) is 8.95. The summed E-state index contributed by atoms with van der Waals surface area (Å²) in [6, 6.07) is -1.60. The van der Waals surface area contributed by atoms with Crippen molar-refractivity contribution in [2.45, 2.75) is 32.9 Å². The Morgan fingerprint density at radius 2 is 1.80 bits per heavy atom. The maximum Gasteiger partial charge on any atom is 0.408 e. The minimum atomic E-state index is -0.806. The van der Waals surface area contributed by atoms with Crippen LogP contribution < -0.4 is 10.6 Å². The van der Waals surface area contributed by atoms with E-state index >= 15 is 0 Å². The molecule has 0 saturated carbocycles. The third-order valence-electron chi connectivity index (χ3n) is 2.47. The maximum atomic E-state index is 12.0. The van der Waals surface area contributed by atoms with Crippen molar-refractivity contribution in [3.05, 3.63) is 12.7 Å². The monoisotopic (exact) mass is 286 g/mol. The van der Waals surface area contributed by atoms with E-state index in [-0.39, 0.29) is 12.5 Å². The topological polar surface area (TPSA) is 93.7 Å². The van der Waals surface area contributed by atoms with Crippen molar-refractivity contribution in [3.63, 3.8) is 0 Å². The number of ether oxygens (including phenoxy) is 2. The summed E-state index contributed by atoms with van der Waals surface area (Å²) in [6.07, 6.45) is 0.702. The minimum absolute atomic E-state index is 0.0524. The van der Waals surface area contributed by atoms with Crippen LogP contribution in [0.25, 0.3) is 0 Å². The number of amides is 2. The number of hydrogen-bond acceptors (Lipinski definition) is 5.